The summed E-state index contributed by atoms with van der Waals surface area (Å²) in [6.45, 7) is 6.85. The molecule has 1 atom stereocenters. The van der Waals surface area contributed by atoms with E-state index >= 15 is 0 Å². The molecule has 3 heteroatoms. The summed E-state index contributed by atoms with van der Waals surface area (Å²) < 4.78 is 0. The normalized spacial score (nSPS) is 13.2. The van der Waals surface area contributed by atoms with Crippen molar-refractivity contribution in [2.24, 2.45) is 0 Å². The number of halogens is 1. The number of likely N-dealkylation sites (N-methyl/N-ethyl adjacent to an activating group) is 1. The van der Waals surface area contributed by atoms with Gasteiger partial charge in [0.2, 0.25) is 5.91 Å². The van der Waals surface area contributed by atoms with Crippen molar-refractivity contribution < 1.29 is 4.79 Å². The second kappa shape index (κ2) is 6.37. The zero-order valence-corrected chi connectivity index (χ0v) is 13.2. The molecule has 0 heterocycles. The number of rotatable bonds is 5. The molecule has 0 radical (unpaired) electrons. The average molecular weight is 312 g/mol. The monoisotopic (exact) mass is 311 g/mol. The van der Waals surface area contributed by atoms with Gasteiger partial charge in [0.1, 0.15) is 0 Å². The van der Waals surface area contributed by atoms with Gasteiger partial charge in [0.25, 0.3) is 0 Å². The molecular formula is C15H22BrNO. The molecule has 0 aliphatic heterocycles. The molecule has 18 heavy (non-hydrogen) atoms. The van der Waals surface area contributed by atoms with E-state index < -0.39 is 5.41 Å². The van der Waals surface area contributed by atoms with Gasteiger partial charge in [0.15, 0.2) is 0 Å². The first kappa shape index (κ1) is 15.2. The maximum Gasteiger partial charge on any atom is 0.232 e. The maximum atomic E-state index is 12.5. The Hall–Kier alpha value is -0.830. The molecule has 100 valence electrons. The molecule has 1 amide bonds. The van der Waals surface area contributed by atoms with E-state index in [2.05, 4.69) is 22.9 Å². The number of nitrogens with zero attached hydrogens (tertiary/aromatic N) is 1. The lowest BCUT2D eigenvalue weighted by Crippen LogP contribution is -2.42. The Morgan fingerprint density at radius 1 is 1.33 bits per heavy atom. The lowest BCUT2D eigenvalue weighted by atomic mass is 9.83. The minimum absolute atomic E-state index is 0.168. The summed E-state index contributed by atoms with van der Waals surface area (Å²) in [4.78, 5) is 14.8. The first-order chi connectivity index (χ1) is 8.35. The van der Waals surface area contributed by atoms with Crippen LogP contribution in [0.5, 0.6) is 0 Å². The fraction of sp³-hybridized carbons (Fsp3) is 0.533. The van der Waals surface area contributed by atoms with Crippen LogP contribution in [0.25, 0.3) is 0 Å². The summed E-state index contributed by atoms with van der Waals surface area (Å²) in [6, 6.07) is 9.95. The Balaban J connectivity index is 2.76. The summed E-state index contributed by atoms with van der Waals surface area (Å²) in [5, 5.41) is 0. The number of carbonyl (C=O) groups is 1. The second-order valence-electron chi connectivity index (χ2n) is 5.29. The van der Waals surface area contributed by atoms with E-state index in [9.17, 15) is 4.79 Å². The quantitative estimate of drug-likeness (QED) is 0.761. The number of benzene rings is 1. The molecular weight excluding hydrogens is 290 g/mol. The Bertz CT molecular complexity index is 387. The van der Waals surface area contributed by atoms with Gasteiger partial charge in [0, 0.05) is 18.4 Å². The first-order valence-corrected chi connectivity index (χ1v) is 7.22. The summed E-state index contributed by atoms with van der Waals surface area (Å²) in [6.07, 6.45) is 0.965. The lowest BCUT2D eigenvalue weighted by Gasteiger charge is -2.30. The van der Waals surface area contributed by atoms with Gasteiger partial charge in [-0.25, -0.2) is 0 Å². The molecule has 0 aliphatic rings. The van der Waals surface area contributed by atoms with Crippen LogP contribution in [0.15, 0.2) is 30.3 Å². The van der Waals surface area contributed by atoms with Gasteiger partial charge in [-0.1, -0.05) is 53.2 Å². The van der Waals surface area contributed by atoms with Crippen LogP contribution in [-0.2, 0) is 10.2 Å². The number of hydrogen-bond donors (Lipinski definition) is 0. The van der Waals surface area contributed by atoms with Crippen molar-refractivity contribution in [3.63, 3.8) is 0 Å². The summed E-state index contributed by atoms with van der Waals surface area (Å²) >= 11 is 3.51. The molecule has 1 aromatic carbocycles. The fourth-order valence-corrected chi connectivity index (χ4v) is 2.13. The van der Waals surface area contributed by atoms with E-state index in [1.807, 2.05) is 56.1 Å². The molecule has 0 aliphatic carbocycles. The third-order valence-electron chi connectivity index (χ3n) is 3.24. The molecule has 0 spiro atoms. The van der Waals surface area contributed by atoms with Crippen LogP contribution in [0, 0.1) is 0 Å². The molecule has 0 N–H and O–H groups in total. The van der Waals surface area contributed by atoms with Gasteiger partial charge in [0.05, 0.1) is 5.41 Å². The number of carbonyl (C=O) groups excluding carboxylic acids is 1. The number of alkyl halides is 1. The number of hydrogen-bond acceptors (Lipinski definition) is 1. The van der Waals surface area contributed by atoms with Crippen molar-refractivity contribution in [3.05, 3.63) is 35.9 Å². The van der Waals surface area contributed by atoms with E-state index in [0.29, 0.717) is 4.83 Å². The summed E-state index contributed by atoms with van der Waals surface area (Å²) in [5.41, 5.74) is 0.597. The third-order valence-corrected chi connectivity index (χ3v) is 3.70. The first-order valence-electron chi connectivity index (χ1n) is 6.31. The highest BCUT2D eigenvalue weighted by Crippen LogP contribution is 2.25. The van der Waals surface area contributed by atoms with Crippen molar-refractivity contribution in [2.45, 2.75) is 37.4 Å². The Morgan fingerprint density at radius 2 is 1.89 bits per heavy atom. The largest absolute Gasteiger partial charge is 0.345 e. The molecule has 0 saturated carbocycles. The molecule has 0 aromatic heterocycles. The Morgan fingerprint density at radius 3 is 2.39 bits per heavy atom. The highest BCUT2D eigenvalue weighted by Gasteiger charge is 2.31. The van der Waals surface area contributed by atoms with Crippen LogP contribution < -0.4 is 0 Å². The molecule has 0 saturated heterocycles. The molecule has 2 nitrogen and oxygen atoms in total. The Labute approximate surface area is 119 Å². The average Bonchev–Trinajstić information content (AvgIpc) is 2.36. The van der Waals surface area contributed by atoms with Crippen LogP contribution in [0.2, 0.25) is 0 Å². The Kier molecular flexibility index (Phi) is 5.39. The predicted molar refractivity (Wildman–Crippen MR) is 80.1 cm³/mol. The minimum atomic E-state index is -0.467. The van der Waals surface area contributed by atoms with Crippen LogP contribution in [0.4, 0.5) is 0 Å². The zero-order chi connectivity index (χ0) is 13.8. The fourth-order valence-electron chi connectivity index (χ4n) is 1.93. The second-order valence-corrected chi connectivity index (χ2v) is 6.85. The van der Waals surface area contributed by atoms with Gasteiger partial charge >= 0.3 is 0 Å². The third kappa shape index (κ3) is 3.84. The summed E-state index contributed by atoms with van der Waals surface area (Å²) in [5.74, 6) is 0.168. The van der Waals surface area contributed by atoms with E-state index in [1.54, 1.807) is 0 Å². The number of amides is 1. The standard InChI is InChI=1S/C15H22BrNO/c1-12(16)10-11-17(4)14(18)15(2,3)13-8-6-5-7-9-13/h5-9,12H,10-11H2,1-4H3. The van der Waals surface area contributed by atoms with E-state index in [4.69, 9.17) is 0 Å². The van der Waals surface area contributed by atoms with Crippen molar-refractivity contribution >= 4 is 21.8 Å². The van der Waals surface area contributed by atoms with Crippen molar-refractivity contribution in [2.75, 3.05) is 13.6 Å². The zero-order valence-electron chi connectivity index (χ0n) is 11.6. The highest BCUT2D eigenvalue weighted by molar-refractivity contribution is 9.09. The van der Waals surface area contributed by atoms with Gasteiger partial charge in [-0.3, -0.25) is 4.79 Å². The highest BCUT2D eigenvalue weighted by atomic mass is 79.9. The minimum Gasteiger partial charge on any atom is -0.345 e. The van der Waals surface area contributed by atoms with E-state index in [-0.39, 0.29) is 5.91 Å². The molecule has 0 fully saturated rings. The predicted octanol–water partition coefficient (Wildman–Crippen LogP) is 3.60. The van der Waals surface area contributed by atoms with E-state index in [0.717, 1.165) is 18.5 Å². The van der Waals surface area contributed by atoms with Gasteiger partial charge in [-0.2, -0.15) is 0 Å². The van der Waals surface area contributed by atoms with Gasteiger partial charge < -0.3 is 4.90 Å². The van der Waals surface area contributed by atoms with E-state index in [1.165, 1.54) is 0 Å². The van der Waals surface area contributed by atoms with Gasteiger partial charge in [-0.15, -0.1) is 0 Å². The SMILES string of the molecule is CC(Br)CCN(C)C(=O)C(C)(C)c1ccccc1. The van der Waals surface area contributed by atoms with Crippen LogP contribution in [0.3, 0.4) is 0 Å². The van der Waals surface area contributed by atoms with Gasteiger partial charge in [-0.05, 0) is 25.8 Å². The van der Waals surface area contributed by atoms with Crippen molar-refractivity contribution in [3.8, 4) is 0 Å². The molecule has 1 rings (SSSR count). The van der Waals surface area contributed by atoms with Crippen molar-refractivity contribution in [1.29, 1.82) is 0 Å². The molecule has 1 unspecified atom stereocenters. The molecule has 0 bridgehead atoms. The van der Waals surface area contributed by atoms with Crippen LogP contribution in [0.1, 0.15) is 32.8 Å². The lowest BCUT2D eigenvalue weighted by molar-refractivity contribution is -0.134. The topological polar surface area (TPSA) is 20.3 Å². The smallest absolute Gasteiger partial charge is 0.232 e. The van der Waals surface area contributed by atoms with Crippen molar-refractivity contribution in [1.82, 2.24) is 4.90 Å². The molecule has 1 aromatic rings. The summed E-state index contributed by atoms with van der Waals surface area (Å²) in [7, 11) is 1.88. The van der Waals surface area contributed by atoms with Crippen LogP contribution >= 0.6 is 15.9 Å². The van der Waals surface area contributed by atoms with Crippen LogP contribution in [-0.4, -0.2) is 29.2 Å². The maximum absolute atomic E-state index is 12.5.